The third-order valence-corrected chi connectivity index (χ3v) is 7.77. The van der Waals surface area contributed by atoms with Crippen molar-refractivity contribution in [1.29, 1.82) is 0 Å². The van der Waals surface area contributed by atoms with Gasteiger partial charge in [0.15, 0.2) is 5.17 Å². The van der Waals surface area contributed by atoms with Gasteiger partial charge in [0.2, 0.25) is 0 Å². The van der Waals surface area contributed by atoms with E-state index in [0.717, 1.165) is 30.1 Å². The van der Waals surface area contributed by atoms with Gasteiger partial charge in [-0.3, -0.25) is 9.69 Å². The number of rotatable bonds is 5. The summed E-state index contributed by atoms with van der Waals surface area (Å²) in [4.78, 5) is 24.0. The number of aliphatic imine (C=N–C) groups is 1. The Balaban J connectivity index is 1.76. The molecule has 2 aliphatic rings. The van der Waals surface area contributed by atoms with Crippen molar-refractivity contribution in [3.8, 4) is 0 Å². The molecule has 0 aliphatic carbocycles. The zero-order valence-electron chi connectivity index (χ0n) is 16.7. The summed E-state index contributed by atoms with van der Waals surface area (Å²) in [5.74, 6) is -0.000827. The van der Waals surface area contributed by atoms with Crippen LogP contribution >= 0.6 is 46.7 Å². The van der Waals surface area contributed by atoms with Gasteiger partial charge in [-0.2, -0.15) is 0 Å². The summed E-state index contributed by atoms with van der Waals surface area (Å²) < 4.78 is 0. The molecule has 1 saturated heterocycles. The zero-order chi connectivity index (χ0) is 21.3. The lowest BCUT2D eigenvalue weighted by Gasteiger charge is -2.19. The number of halogens is 2. The predicted molar refractivity (Wildman–Crippen MR) is 130 cm³/mol. The maximum atomic E-state index is 13.4. The zero-order valence-corrected chi connectivity index (χ0v) is 19.8. The number of carbonyl (C=O) groups is 1. The molecule has 2 heterocycles. The molecule has 8 heteroatoms. The Morgan fingerprint density at radius 1 is 1.03 bits per heavy atom. The van der Waals surface area contributed by atoms with Gasteiger partial charge < -0.3 is 4.90 Å². The number of benzene rings is 2. The van der Waals surface area contributed by atoms with Gasteiger partial charge >= 0.3 is 0 Å². The molecule has 0 N–H and O–H groups in total. The molecule has 0 atom stereocenters. The lowest BCUT2D eigenvalue weighted by Crippen LogP contribution is -2.30. The van der Waals surface area contributed by atoms with Gasteiger partial charge in [0, 0.05) is 23.0 Å². The summed E-state index contributed by atoms with van der Waals surface area (Å²) in [6.07, 6.45) is 1.90. The van der Waals surface area contributed by atoms with Crippen LogP contribution < -0.4 is 4.90 Å². The first-order valence-electron chi connectivity index (χ1n) is 9.85. The fourth-order valence-electron chi connectivity index (χ4n) is 3.32. The van der Waals surface area contributed by atoms with E-state index in [1.807, 2.05) is 12.1 Å². The molecule has 0 saturated carbocycles. The molecule has 0 spiro atoms. The Morgan fingerprint density at radius 2 is 1.83 bits per heavy atom. The molecule has 0 unspecified atom stereocenters. The first-order chi connectivity index (χ1) is 14.5. The Bertz CT molecular complexity index is 1050. The van der Waals surface area contributed by atoms with Crippen molar-refractivity contribution in [3.63, 3.8) is 0 Å². The van der Waals surface area contributed by atoms with E-state index in [2.05, 4.69) is 30.9 Å². The number of hydrogen-bond acceptors (Lipinski definition) is 5. The van der Waals surface area contributed by atoms with Crippen LogP contribution in [0.5, 0.6) is 0 Å². The summed E-state index contributed by atoms with van der Waals surface area (Å²) in [5, 5.41) is 2.69. The van der Waals surface area contributed by atoms with Crippen LogP contribution in [0.4, 0.5) is 11.4 Å². The highest BCUT2D eigenvalue weighted by Gasteiger charge is 2.39. The normalized spacial score (nSPS) is 19.9. The number of thioether (sulfide) groups is 2. The lowest BCUT2D eigenvalue weighted by molar-refractivity contribution is -0.122. The second-order valence-electron chi connectivity index (χ2n) is 6.85. The van der Waals surface area contributed by atoms with E-state index in [-0.39, 0.29) is 5.91 Å². The number of anilines is 1. The molecule has 0 aromatic heterocycles. The minimum atomic E-state index is -0.000827. The smallest absolute Gasteiger partial charge is 0.269 e. The second-order valence-corrected chi connectivity index (χ2v) is 9.70. The van der Waals surface area contributed by atoms with Crippen molar-refractivity contribution in [1.82, 2.24) is 4.90 Å². The van der Waals surface area contributed by atoms with Crippen LogP contribution in [0.25, 0.3) is 0 Å². The van der Waals surface area contributed by atoms with Crippen molar-refractivity contribution in [2.75, 3.05) is 18.0 Å². The van der Waals surface area contributed by atoms with Crippen LogP contribution in [-0.4, -0.2) is 29.1 Å². The average molecular weight is 478 g/mol. The number of amidine groups is 1. The first kappa shape index (κ1) is 21.6. The third kappa shape index (κ3) is 4.11. The van der Waals surface area contributed by atoms with Crippen LogP contribution in [0.15, 0.2) is 62.3 Å². The number of carbonyl (C=O) groups excluding carboxylic acids is 1. The van der Waals surface area contributed by atoms with Gasteiger partial charge in [-0.05, 0) is 55.4 Å². The molecule has 30 heavy (non-hydrogen) atoms. The first-order valence-corrected chi connectivity index (χ1v) is 12.2. The van der Waals surface area contributed by atoms with E-state index in [1.54, 1.807) is 34.9 Å². The van der Waals surface area contributed by atoms with Crippen molar-refractivity contribution in [2.24, 2.45) is 4.99 Å². The van der Waals surface area contributed by atoms with Crippen molar-refractivity contribution in [2.45, 2.75) is 31.6 Å². The van der Waals surface area contributed by atoms with Gasteiger partial charge in [0.1, 0.15) is 9.93 Å². The second kappa shape index (κ2) is 9.27. The van der Waals surface area contributed by atoms with Gasteiger partial charge in [-0.15, -0.1) is 0 Å². The van der Waals surface area contributed by atoms with Crippen molar-refractivity contribution in [3.05, 3.63) is 62.4 Å². The van der Waals surface area contributed by atoms with E-state index in [0.29, 0.717) is 32.4 Å². The molecule has 0 bridgehead atoms. The molecular weight excluding hydrogens is 457 g/mol. The minimum absolute atomic E-state index is 0.000827. The topological polar surface area (TPSA) is 35.9 Å². The molecule has 2 aromatic rings. The van der Waals surface area contributed by atoms with Crippen LogP contribution in [0.1, 0.15) is 26.7 Å². The van der Waals surface area contributed by atoms with Crippen LogP contribution in [0.3, 0.4) is 0 Å². The quantitative estimate of drug-likeness (QED) is 0.428. The molecular formula is C22H21Cl2N3OS2. The Kier molecular flexibility index (Phi) is 6.68. The van der Waals surface area contributed by atoms with E-state index >= 15 is 0 Å². The molecule has 0 radical (unpaired) electrons. The summed E-state index contributed by atoms with van der Waals surface area (Å²) in [6, 6.07) is 13.4. The number of nitrogens with zero attached hydrogens (tertiary/aromatic N) is 3. The largest absolute Gasteiger partial charge is 0.334 e. The average Bonchev–Trinajstić information content (AvgIpc) is 3.26. The number of unbranched alkanes of at least 4 members (excludes halogenated alkanes) is 1. The Morgan fingerprint density at radius 3 is 2.60 bits per heavy atom. The highest BCUT2D eigenvalue weighted by atomic mass is 35.5. The van der Waals surface area contributed by atoms with E-state index < -0.39 is 0 Å². The fourth-order valence-corrected chi connectivity index (χ4v) is 6.06. The number of amides is 1. The predicted octanol–water partition coefficient (Wildman–Crippen LogP) is 7.16. The summed E-state index contributed by atoms with van der Waals surface area (Å²) in [7, 11) is 0. The monoisotopic (exact) mass is 477 g/mol. The summed E-state index contributed by atoms with van der Waals surface area (Å²) >= 11 is 15.5. The standard InChI is InChI=1S/C22H21Cl2N3OS2/c1-3-5-12-27-20(28)19(21-26(4-2)17-8-6-7-9-18(17)29-21)30-22(27)25-16-13-14(23)10-11-15(16)24/h6-11,13H,3-5,12H2,1-2H3/b21-19-,25-22?. The molecule has 1 fully saturated rings. The van der Waals surface area contributed by atoms with E-state index in [4.69, 9.17) is 28.2 Å². The molecule has 4 nitrogen and oxygen atoms in total. The number of hydrogen-bond donors (Lipinski definition) is 0. The van der Waals surface area contributed by atoms with Crippen LogP contribution in [0, 0.1) is 0 Å². The van der Waals surface area contributed by atoms with E-state index in [1.165, 1.54) is 16.7 Å². The Labute approximate surface area is 195 Å². The maximum Gasteiger partial charge on any atom is 0.269 e. The molecule has 1 amide bonds. The van der Waals surface area contributed by atoms with Crippen molar-refractivity contribution < 1.29 is 4.79 Å². The lowest BCUT2D eigenvalue weighted by atomic mass is 10.3. The number of fused-ring (bicyclic) bond motifs is 1. The summed E-state index contributed by atoms with van der Waals surface area (Å²) in [6.45, 7) is 5.63. The van der Waals surface area contributed by atoms with E-state index in [9.17, 15) is 4.79 Å². The summed E-state index contributed by atoms with van der Waals surface area (Å²) in [5.41, 5.74) is 1.71. The van der Waals surface area contributed by atoms with Crippen LogP contribution in [-0.2, 0) is 4.79 Å². The molecule has 156 valence electrons. The molecule has 4 rings (SSSR count). The maximum absolute atomic E-state index is 13.4. The highest BCUT2D eigenvalue weighted by molar-refractivity contribution is 8.19. The highest BCUT2D eigenvalue weighted by Crippen LogP contribution is 2.50. The minimum Gasteiger partial charge on any atom is -0.334 e. The molecule has 2 aliphatic heterocycles. The van der Waals surface area contributed by atoms with Gasteiger partial charge in [0.05, 0.1) is 16.4 Å². The third-order valence-electron chi connectivity index (χ3n) is 4.84. The SMILES string of the molecule is CCCCN1C(=O)/C(=C2/Sc3ccccc3N2CC)SC1=Nc1cc(Cl)ccc1Cl. The van der Waals surface area contributed by atoms with Crippen LogP contribution in [0.2, 0.25) is 10.0 Å². The van der Waals surface area contributed by atoms with Crippen molar-refractivity contribution >= 4 is 69.2 Å². The fraction of sp³-hybridized carbons (Fsp3) is 0.273. The Hall–Kier alpha value is -1.60. The van der Waals surface area contributed by atoms with Gasteiger partial charge in [-0.1, -0.05) is 60.4 Å². The molecule has 2 aromatic carbocycles. The van der Waals surface area contributed by atoms with Gasteiger partial charge in [0.25, 0.3) is 5.91 Å². The number of para-hydroxylation sites is 1. The van der Waals surface area contributed by atoms with Gasteiger partial charge in [-0.25, -0.2) is 4.99 Å².